The van der Waals surface area contributed by atoms with Crippen LogP contribution >= 0.6 is 0 Å². The summed E-state index contributed by atoms with van der Waals surface area (Å²) in [6, 6.07) is 1.44. The van der Waals surface area contributed by atoms with Gasteiger partial charge in [-0.1, -0.05) is 6.92 Å². The van der Waals surface area contributed by atoms with E-state index in [0.29, 0.717) is 39.0 Å². The molecule has 2 rings (SSSR count). The fourth-order valence-electron chi connectivity index (χ4n) is 2.13. The van der Waals surface area contributed by atoms with Gasteiger partial charge in [0.2, 0.25) is 5.91 Å². The molecular weight excluding hydrogens is 268 g/mol. The number of aromatic nitrogens is 2. The first kappa shape index (κ1) is 14.0. The molecule has 0 spiro atoms. The van der Waals surface area contributed by atoms with Gasteiger partial charge < -0.3 is 4.90 Å². The molecule has 19 heavy (non-hydrogen) atoms. The lowest BCUT2D eigenvalue weighted by atomic mass is 10.3. The SMILES string of the molecule is CCC(=O)N1CCCN(S(=O)(=O)c2ccn[nH]2)CC1. The molecule has 0 unspecified atom stereocenters. The van der Waals surface area contributed by atoms with E-state index in [9.17, 15) is 13.2 Å². The highest BCUT2D eigenvalue weighted by Gasteiger charge is 2.28. The quantitative estimate of drug-likeness (QED) is 0.850. The summed E-state index contributed by atoms with van der Waals surface area (Å²) in [5, 5.41) is 6.25. The average Bonchev–Trinajstić information content (AvgIpc) is 2.83. The Morgan fingerprint density at radius 3 is 2.79 bits per heavy atom. The molecule has 1 aromatic rings. The lowest BCUT2D eigenvalue weighted by Gasteiger charge is -2.20. The zero-order valence-electron chi connectivity index (χ0n) is 10.9. The Hall–Kier alpha value is -1.41. The van der Waals surface area contributed by atoms with Crippen LogP contribution < -0.4 is 0 Å². The molecule has 0 aromatic carbocycles. The van der Waals surface area contributed by atoms with Gasteiger partial charge in [-0.2, -0.15) is 9.40 Å². The van der Waals surface area contributed by atoms with Gasteiger partial charge in [0.05, 0.1) is 6.20 Å². The van der Waals surface area contributed by atoms with Gasteiger partial charge in [-0.3, -0.25) is 9.89 Å². The number of hydrogen-bond donors (Lipinski definition) is 1. The van der Waals surface area contributed by atoms with E-state index in [2.05, 4.69) is 10.2 Å². The van der Waals surface area contributed by atoms with Gasteiger partial charge in [0.1, 0.15) is 0 Å². The van der Waals surface area contributed by atoms with E-state index >= 15 is 0 Å². The number of H-pyrrole nitrogens is 1. The van der Waals surface area contributed by atoms with Crippen molar-refractivity contribution in [3.05, 3.63) is 12.3 Å². The summed E-state index contributed by atoms with van der Waals surface area (Å²) in [5.41, 5.74) is 0. The number of sulfonamides is 1. The minimum Gasteiger partial charge on any atom is -0.341 e. The summed E-state index contributed by atoms with van der Waals surface area (Å²) in [7, 11) is -3.52. The molecule has 7 nitrogen and oxygen atoms in total. The summed E-state index contributed by atoms with van der Waals surface area (Å²) < 4.78 is 26.0. The molecule has 0 radical (unpaired) electrons. The minimum absolute atomic E-state index is 0.0702. The second kappa shape index (κ2) is 5.70. The van der Waals surface area contributed by atoms with Crippen LogP contribution in [0.1, 0.15) is 19.8 Å². The van der Waals surface area contributed by atoms with Crippen LogP contribution in [0.2, 0.25) is 0 Å². The lowest BCUT2D eigenvalue weighted by molar-refractivity contribution is -0.130. The summed E-state index contributed by atoms with van der Waals surface area (Å²) in [4.78, 5) is 13.4. The highest BCUT2D eigenvalue weighted by atomic mass is 32.2. The van der Waals surface area contributed by atoms with E-state index < -0.39 is 10.0 Å². The largest absolute Gasteiger partial charge is 0.341 e. The standard InChI is InChI=1S/C11H18N4O3S/c1-2-11(16)14-6-3-7-15(9-8-14)19(17,18)10-4-5-12-13-10/h4-5H,2-3,6-9H2,1H3,(H,12,13). The summed E-state index contributed by atoms with van der Waals surface area (Å²) >= 11 is 0. The predicted octanol–water partition coefficient (Wildman–Crippen LogP) is 0.0427. The first-order chi connectivity index (χ1) is 9.05. The Morgan fingerprint density at radius 1 is 1.37 bits per heavy atom. The summed E-state index contributed by atoms with van der Waals surface area (Å²) in [5.74, 6) is 0.0702. The molecule has 0 atom stereocenters. The van der Waals surface area contributed by atoms with Gasteiger partial charge in [0.25, 0.3) is 10.0 Å². The number of amides is 1. The van der Waals surface area contributed by atoms with Gasteiger partial charge in [0.15, 0.2) is 5.03 Å². The van der Waals surface area contributed by atoms with Gasteiger partial charge in [-0.05, 0) is 12.5 Å². The molecule has 1 aliphatic rings. The van der Waals surface area contributed by atoms with Crippen molar-refractivity contribution in [1.82, 2.24) is 19.4 Å². The van der Waals surface area contributed by atoms with Crippen molar-refractivity contribution in [2.45, 2.75) is 24.8 Å². The first-order valence-electron chi connectivity index (χ1n) is 6.33. The Morgan fingerprint density at radius 2 is 2.16 bits per heavy atom. The molecule has 2 heterocycles. The molecule has 0 aliphatic carbocycles. The maximum absolute atomic E-state index is 12.3. The average molecular weight is 286 g/mol. The number of rotatable bonds is 3. The van der Waals surface area contributed by atoms with Gasteiger partial charge in [-0.25, -0.2) is 8.42 Å². The molecule has 1 aromatic heterocycles. The van der Waals surface area contributed by atoms with E-state index in [-0.39, 0.29) is 10.9 Å². The maximum Gasteiger partial charge on any atom is 0.260 e. The van der Waals surface area contributed by atoms with Crippen LogP contribution in [-0.2, 0) is 14.8 Å². The number of aromatic amines is 1. The van der Waals surface area contributed by atoms with Crippen LogP contribution in [0.25, 0.3) is 0 Å². The molecular formula is C11H18N4O3S. The van der Waals surface area contributed by atoms with Crippen molar-refractivity contribution in [2.75, 3.05) is 26.2 Å². The zero-order valence-corrected chi connectivity index (χ0v) is 11.7. The van der Waals surface area contributed by atoms with E-state index in [4.69, 9.17) is 0 Å². The fourth-order valence-corrected chi connectivity index (χ4v) is 3.50. The van der Waals surface area contributed by atoms with Crippen LogP contribution in [0.5, 0.6) is 0 Å². The monoisotopic (exact) mass is 286 g/mol. The summed E-state index contributed by atoms with van der Waals surface area (Å²) in [6.07, 6.45) is 2.52. The number of carbonyl (C=O) groups excluding carboxylic acids is 1. The Kier molecular flexibility index (Phi) is 4.20. The Labute approximate surface area is 112 Å². The highest BCUT2D eigenvalue weighted by Crippen LogP contribution is 2.15. The van der Waals surface area contributed by atoms with E-state index in [1.54, 1.807) is 4.90 Å². The topological polar surface area (TPSA) is 86.4 Å². The molecule has 0 bridgehead atoms. The van der Waals surface area contributed by atoms with Crippen molar-refractivity contribution < 1.29 is 13.2 Å². The van der Waals surface area contributed by atoms with Crippen LogP contribution in [0.4, 0.5) is 0 Å². The number of nitrogens with one attached hydrogen (secondary N) is 1. The zero-order chi connectivity index (χ0) is 13.9. The third kappa shape index (κ3) is 2.95. The molecule has 1 aliphatic heterocycles. The number of nitrogens with zero attached hydrogens (tertiary/aromatic N) is 3. The van der Waals surface area contributed by atoms with E-state index in [1.165, 1.54) is 16.6 Å². The van der Waals surface area contributed by atoms with E-state index in [1.807, 2.05) is 6.92 Å². The highest BCUT2D eigenvalue weighted by molar-refractivity contribution is 7.89. The van der Waals surface area contributed by atoms with Gasteiger partial charge in [-0.15, -0.1) is 0 Å². The van der Waals surface area contributed by atoms with Crippen LogP contribution in [0.3, 0.4) is 0 Å². The lowest BCUT2D eigenvalue weighted by Crippen LogP contribution is -2.37. The predicted molar refractivity (Wildman–Crippen MR) is 68.8 cm³/mol. The molecule has 0 saturated carbocycles. The second-order valence-electron chi connectivity index (χ2n) is 4.41. The number of carbonyl (C=O) groups is 1. The second-order valence-corrected chi connectivity index (χ2v) is 6.32. The van der Waals surface area contributed by atoms with Crippen LogP contribution in [0, 0.1) is 0 Å². The third-order valence-electron chi connectivity index (χ3n) is 3.20. The Balaban J connectivity index is 2.10. The molecule has 8 heteroatoms. The normalized spacial score (nSPS) is 18.3. The van der Waals surface area contributed by atoms with Crippen LogP contribution in [0.15, 0.2) is 17.3 Å². The Bertz CT molecular complexity index is 526. The van der Waals surface area contributed by atoms with Crippen molar-refractivity contribution in [1.29, 1.82) is 0 Å². The first-order valence-corrected chi connectivity index (χ1v) is 7.77. The summed E-state index contributed by atoms with van der Waals surface area (Å²) in [6.45, 7) is 3.62. The van der Waals surface area contributed by atoms with Gasteiger partial charge in [0, 0.05) is 32.6 Å². The van der Waals surface area contributed by atoms with Crippen molar-refractivity contribution in [2.24, 2.45) is 0 Å². The number of hydrogen-bond acceptors (Lipinski definition) is 4. The molecule has 106 valence electrons. The van der Waals surface area contributed by atoms with E-state index in [0.717, 1.165) is 0 Å². The maximum atomic E-state index is 12.3. The molecule has 1 fully saturated rings. The van der Waals surface area contributed by atoms with Crippen LogP contribution in [-0.4, -0.2) is 59.9 Å². The smallest absolute Gasteiger partial charge is 0.260 e. The molecule has 1 saturated heterocycles. The minimum atomic E-state index is -3.52. The van der Waals surface area contributed by atoms with Crippen molar-refractivity contribution in [3.8, 4) is 0 Å². The van der Waals surface area contributed by atoms with Gasteiger partial charge >= 0.3 is 0 Å². The molecule has 1 N–H and O–H groups in total. The van der Waals surface area contributed by atoms with Crippen molar-refractivity contribution >= 4 is 15.9 Å². The van der Waals surface area contributed by atoms with Crippen molar-refractivity contribution in [3.63, 3.8) is 0 Å². The fraction of sp³-hybridized carbons (Fsp3) is 0.636. The third-order valence-corrected chi connectivity index (χ3v) is 5.03. The molecule has 1 amide bonds.